The average molecular weight is 222 g/mol. The van der Waals surface area contributed by atoms with Crippen molar-refractivity contribution in [1.29, 1.82) is 0 Å². The summed E-state index contributed by atoms with van der Waals surface area (Å²) in [6.45, 7) is 2.71. The summed E-state index contributed by atoms with van der Waals surface area (Å²) in [5.74, 6) is 0.371. The highest BCUT2D eigenvalue weighted by atomic mass is 32.2. The molecule has 0 fully saturated rings. The number of nitrogens with two attached hydrogens (primary N) is 1. The van der Waals surface area contributed by atoms with Crippen LogP contribution in [-0.4, -0.2) is 51.5 Å². The largest absolute Gasteiger partial charge is 0.327 e. The van der Waals surface area contributed by atoms with E-state index in [-0.39, 0.29) is 17.5 Å². The van der Waals surface area contributed by atoms with Crippen LogP contribution in [0, 0.1) is 0 Å². The Bertz CT molecular complexity index is 237. The Balaban J connectivity index is 3.84. The van der Waals surface area contributed by atoms with Crippen LogP contribution in [0.4, 0.5) is 0 Å². The number of hydrogen-bond acceptors (Lipinski definition) is 4. The molecule has 1 unspecified atom stereocenters. The maximum Gasteiger partial charge on any atom is 0.151 e. The second-order valence-electron chi connectivity index (χ2n) is 3.94. The van der Waals surface area contributed by atoms with Crippen molar-refractivity contribution in [3.63, 3.8) is 0 Å². The Kier molecular flexibility index (Phi) is 6.31. The van der Waals surface area contributed by atoms with Crippen LogP contribution < -0.4 is 5.73 Å². The molecule has 0 saturated heterocycles. The summed E-state index contributed by atoms with van der Waals surface area (Å²) >= 11 is 0. The molecule has 0 aliphatic carbocycles. The molecule has 0 aromatic rings. The molecular formula is C9H22N2O2S. The van der Waals surface area contributed by atoms with Gasteiger partial charge in [-0.15, -0.1) is 0 Å². The van der Waals surface area contributed by atoms with Crippen molar-refractivity contribution in [2.24, 2.45) is 5.73 Å². The van der Waals surface area contributed by atoms with E-state index >= 15 is 0 Å². The molecule has 0 saturated carbocycles. The van der Waals surface area contributed by atoms with Gasteiger partial charge in [-0.3, -0.25) is 0 Å². The molecular weight excluding hydrogens is 200 g/mol. The van der Waals surface area contributed by atoms with E-state index in [1.165, 1.54) is 0 Å². The van der Waals surface area contributed by atoms with Crippen molar-refractivity contribution in [3.05, 3.63) is 0 Å². The van der Waals surface area contributed by atoms with Gasteiger partial charge in [0.05, 0.1) is 11.5 Å². The maximum absolute atomic E-state index is 11.5. The van der Waals surface area contributed by atoms with E-state index in [1.54, 1.807) is 0 Å². The molecule has 0 amide bonds. The first-order valence-corrected chi connectivity index (χ1v) is 6.80. The van der Waals surface area contributed by atoms with Crippen molar-refractivity contribution in [2.45, 2.75) is 25.8 Å². The molecule has 0 spiro atoms. The van der Waals surface area contributed by atoms with Gasteiger partial charge in [-0.25, -0.2) is 8.42 Å². The SMILES string of the molecule is CCC(N)CS(=O)(=O)CCCN(C)C. The lowest BCUT2D eigenvalue weighted by atomic mass is 10.3. The predicted molar refractivity (Wildman–Crippen MR) is 60.1 cm³/mol. The van der Waals surface area contributed by atoms with Gasteiger partial charge in [0, 0.05) is 6.04 Å². The van der Waals surface area contributed by atoms with Crippen LogP contribution >= 0.6 is 0 Å². The van der Waals surface area contributed by atoms with Crippen LogP contribution in [-0.2, 0) is 9.84 Å². The first kappa shape index (κ1) is 13.9. The summed E-state index contributed by atoms with van der Waals surface area (Å²) in [5.41, 5.74) is 5.60. The van der Waals surface area contributed by atoms with E-state index in [4.69, 9.17) is 5.73 Å². The summed E-state index contributed by atoms with van der Waals surface area (Å²) in [7, 11) is 0.930. The molecule has 14 heavy (non-hydrogen) atoms. The van der Waals surface area contributed by atoms with Gasteiger partial charge < -0.3 is 10.6 Å². The van der Waals surface area contributed by atoms with Gasteiger partial charge in [0.2, 0.25) is 0 Å². The average Bonchev–Trinajstić information content (AvgIpc) is 2.02. The zero-order chi connectivity index (χ0) is 11.2. The van der Waals surface area contributed by atoms with Gasteiger partial charge in [-0.05, 0) is 33.5 Å². The van der Waals surface area contributed by atoms with Crippen molar-refractivity contribution >= 4 is 9.84 Å². The Morgan fingerprint density at radius 1 is 1.36 bits per heavy atom. The van der Waals surface area contributed by atoms with Crippen molar-refractivity contribution in [2.75, 3.05) is 32.1 Å². The zero-order valence-electron chi connectivity index (χ0n) is 9.36. The number of nitrogens with zero attached hydrogens (tertiary/aromatic N) is 1. The van der Waals surface area contributed by atoms with Gasteiger partial charge in [0.15, 0.2) is 9.84 Å². The minimum Gasteiger partial charge on any atom is -0.327 e. The summed E-state index contributed by atoms with van der Waals surface area (Å²) in [4.78, 5) is 1.98. The fourth-order valence-electron chi connectivity index (χ4n) is 1.13. The van der Waals surface area contributed by atoms with Crippen LogP contribution in [0.5, 0.6) is 0 Å². The highest BCUT2D eigenvalue weighted by molar-refractivity contribution is 7.91. The van der Waals surface area contributed by atoms with Crippen LogP contribution in [0.2, 0.25) is 0 Å². The van der Waals surface area contributed by atoms with E-state index in [9.17, 15) is 8.42 Å². The van der Waals surface area contributed by atoms with Crippen LogP contribution in [0.25, 0.3) is 0 Å². The first-order valence-electron chi connectivity index (χ1n) is 4.98. The Labute approximate surface area is 87.4 Å². The van der Waals surface area contributed by atoms with Gasteiger partial charge in [-0.1, -0.05) is 6.92 Å². The minimum absolute atomic E-state index is 0.122. The molecule has 0 aliphatic heterocycles. The van der Waals surface area contributed by atoms with Crippen LogP contribution in [0.3, 0.4) is 0 Å². The molecule has 0 aliphatic rings. The second kappa shape index (κ2) is 6.37. The molecule has 4 nitrogen and oxygen atoms in total. The minimum atomic E-state index is -2.94. The lowest BCUT2D eigenvalue weighted by Crippen LogP contribution is -2.30. The fourth-order valence-corrected chi connectivity index (χ4v) is 2.75. The smallest absolute Gasteiger partial charge is 0.151 e. The van der Waals surface area contributed by atoms with E-state index in [2.05, 4.69) is 0 Å². The first-order chi connectivity index (χ1) is 6.37. The van der Waals surface area contributed by atoms with Crippen molar-refractivity contribution < 1.29 is 8.42 Å². The van der Waals surface area contributed by atoms with Crippen molar-refractivity contribution in [1.82, 2.24) is 4.90 Å². The topological polar surface area (TPSA) is 63.4 Å². The Hall–Kier alpha value is -0.130. The summed E-state index contributed by atoms with van der Waals surface area (Å²) in [6.07, 6.45) is 1.40. The van der Waals surface area contributed by atoms with Crippen LogP contribution in [0.15, 0.2) is 0 Å². The molecule has 2 N–H and O–H groups in total. The number of sulfone groups is 1. The van der Waals surface area contributed by atoms with E-state index < -0.39 is 9.84 Å². The van der Waals surface area contributed by atoms with E-state index in [0.29, 0.717) is 12.8 Å². The quantitative estimate of drug-likeness (QED) is 0.663. The third kappa shape index (κ3) is 7.29. The predicted octanol–water partition coefficient (Wildman–Crippen LogP) is 0.0902. The second-order valence-corrected chi connectivity index (χ2v) is 6.17. The highest BCUT2D eigenvalue weighted by Gasteiger charge is 2.14. The fraction of sp³-hybridized carbons (Fsp3) is 1.00. The molecule has 0 radical (unpaired) electrons. The molecule has 0 aromatic carbocycles. The molecule has 1 atom stereocenters. The van der Waals surface area contributed by atoms with E-state index in [0.717, 1.165) is 6.54 Å². The monoisotopic (exact) mass is 222 g/mol. The standard InChI is InChI=1S/C9H22N2O2S/c1-4-9(10)8-14(12,13)7-5-6-11(2)3/h9H,4-8,10H2,1-3H3. The number of hydrogen-bond donors (Lipinski definition) is 1. The molecule has 0 rings (SSSR count). The molecule has 0 bridgehead atoms. The summed E-state index contributed by atoms with van der Waals surface area (Å²) < 4.78 is 23.0. The third-order valence-corrected chi connectivity index (χ3v) is 3.90. The lowest BCUT2D eigenvalue weighted by molar-refractivity contribution is 0.408. The highest BCUT2D eigenvalue weighted by Crippen LogP contribution is 1.99. The lowest BCUT2D eigenvalue weighted by Gasteiger charge is -2.11. The normalized spacial score (nSPS) is 14.6. The molecule has 86 valence electrons. The summed E-state index contributed by atoms with van der Waals surface area (Å²) in [6, 6.07) is -0.209. The third-order valence-electron chi connectivity index (χ3n) is 2.05. The van der Waals surface area contributed by atoms with Gasteiger partial charge in [0.1, 0.15) is 0 Å². The van der Waals surface area contributed by atoms with Gasteiger partial charge in [0.25, 0.3) is 0 Å². The number of rotatable bonds is 7. The molecule has 5 heteroatoms. The van der Waals surface area contributed by atoms with Crippen LogP contribution in [0.1, 0.15) is 19.8 Å². The Morgan fingerprint density at radius 2 is 1.93 bits per heavy atom. The maximum atomic E-state index is 11.5. The van der Waals surface area contributed by atoms with Gasteiger partial charge >= 0.3 is 0 Å². The van der Waals surface area contributed by atoms with E-state index in [1.807, 2.05) is 25.9 Å². The molecule has 0 heterocycles. The van der Waals surface area contributed by atoms with Crippen molar-refractivity contribution in [3.8, 4) is 0 Å². The molecule has 0 aromatic heterocycles. The Morgan fingerprint density at radius 3 is 2.36 bits per heavy atom. The van der Waals surface area contributed by atoms with Gasteiger partial charge in [-0.2, -0.15) is 0 Å². The zero-order valence-corrected chi connectivity index (χ0v) is 10.2. The summed E-state index contributed by atoms with van der Waals surface area (Å²) in [5, 5.41) is 0.